The second-order valence-electron chi connectivity index (χ2n) is 5.35. The Morgan fingerprint density at radius 2 is 1.88 bits per heavy atom. The highest BCUT2D eigenvalue weighted by Crippen LogP contribution is 2.36. The molecule has 0 heterocycles. The van der Waals surface area contributed by atoms with Crippen molar-refractivity contribution < 1.29 is 18.0 Å². The van der Waals surface area contributed by atoms with Gasteiger partial charge in [-0.05, 0) is 39.5 Å². The molecule has 17 heavy (non-hydrogen) atoms. The van der Waals surface area contributed by atoms with Crippen LogP contribution in [0.1, 0.15) is 33.6 Å². The molecule has 1 unspecified atom stereocenters. The molecule has 1 fully saturated rings. The molecule has 0 spiro atoms. The molecule has 1 atom stereocenters. The lowest BCUT2D eigenvalue weighted by Gasteiger charge is -2.34. The average Bonchev–Trinajstić information content (AvgIpc) is 2.91. The summed E-state index contributed by atoms with van der Waals surface area (Å²) in [6.45, 7) is 3.30. The number of rotatable bonds is 4. The highest BCUT2D eigenvalue weighted by Gasteiger charge is 2.43. The Morgan fingerprint density at radius 1 is 1.41 bits per heavy atom. The quantitative estimate of drug-likeness (QED) is 0.830. The van der Waals surface area contributed by atoms with Crippen molar-refractivity contribution in [2.75, 3.05) is 6.54 Å². The summed E-state index contributed by atoms with van der Waals surface area (Å²) in [6, 6.07) is -0.396. The first-order chi connectivity index (χ1) is 7.52. The number of halogens is 3. The van der Waals surface area contributed by atoms with Gasteiger partial charge in [-0.25, -0.2) is 0 Å². The Morgan fingerprint density at radius 3 is 2.18 bits per heavy atom. The van der Waals surface area contributed by atoms with E-state index >= 15 is 0 Å². The average molecular weight is 252 g/mol. The SMILES string of the molecule is CC(C1CC1)N(CC(F)(F)F)C(=O)C(C)(C)N. The maximum absolute atomic E-state index is 12.5. The minimum atomic E-state index is -4.38. The fraction of sp³-hybridized carbons (Fsp3) is 0.909. The standard InChI is InChI=1S/C11H19F3N2O/c1-7(8-4-5-8)16(6-11(12,13)14)9(17)10(2,3)15/h7-8H,4-6,15H2,1-3H3. The van der Waals surface area contributed by atoms with Gasteiger partial charge in [-0.15, -0.1) is 0 Å². The number of amides is 1. The van der Waals surface area contributed by atoms with Crippen LogP contribution in [0.15, 0.2) is 0 Å². The maximum Gasteiger partial charge on any atom is 0.406 e. The first kappa shape index (κ1) is 14.3. The summed E-state index contributed by atoms with van der Waals surface area (Å²) >= 11 is 0. The van der Waals surface area contributed by atoms with Crippen LogP contribution in [0.3, 0.4) is 0 Å². The van der Waals surface area contributed by atoms with Crippen molar-refractivity contribution >= 4 is 5.91 Å². The maximum atomic E-state index is 12.5. The molecule has 1 amide bonds. The second-order valence-corrected chi connectivity index (χ2v) is 5.35. The van der Waals surface area contributed by atoms with Crippen LogP contribution in [-0.4, -0.2) is 35.1 Å². The number of nitrogens with two attached hydrogens (primary N) is 1. The molecular formula is C11H19F3N2O. The molecule has 6 heteroatoms. The van der Waals surface area contributed by atoms with Gasteiger partial charge in [0.15, 0.2) is 0 Å². The van der Waals surface area contributed by atoms with E-state index in [1.54, 1.807) is 6.92 Å². The molecule has 2 N–H and O–H groups in total. The summed E-state index contributed by atoms with van der Waals surface area (Å²) in [5.41, 5.74) is 4.33. The van der Waals surface area contributed by atoms with Gasteiger partial charge in [0.2, 0.25) is 5.91 Å². The highest BCUT2D eigenvalue weighted by atomic mass is 19.4. The Labute approximate surface area is 99.1 Å². The van der Waals surface area contributed by atoms with E-state index in [-0.39, 0.29) is 5.92 Å². The summed E-state index contributed by atoms with van der Waals surface area (Å²) in [7, 11) is 0. The molecule has 0 bridgehead atoms. The number of carbonyl (C=O) groups excluding carboxylic acids is 1. The van der Waals surface area contributed by atoms with E-state index in [4.69, 9.17) is 5.73 Å². The molecule has 0 aliphatic heterocycles. The molecule has 0 aromatic rings. The van der Waals surface area contributed by atoms with Crippen LogP contribution in [-0.2, 0) is 4.79 Å². The van der Waals surface area contributed by atoms with Crippen LogP contribution in [0.2, 0.25) is 0 Å². The van der Waals surface area contributed by atoms with E-state index in [1.165, 1.54) is 13.8 Å². The zero-order valence-corrected chi connectivity index (χ0v) is 10.3. The largest absolute Gasteiger partial charge is 0.406 e. The minimum Gasteiger partial charge on any atom is -0.329 e. The van der Waals surface area contributed by atoms with Crippen LogP contribution in [0.25, 0.3) is 0 Å². The van der Waals surface area contributed by atoms with Gasteiger partial charge in [0, 0.05) is 6.04 Å². The zero-order chi connectivity index (χ0) is 13.4. The summed E-state index contributed by atoms with van der Waals surface area (Å²) in [5, 5.41) is 0. The van der Waals surface area contributed by atoms with Gasteiger partial charge in [-0.2, -0.15) is 13.2 Å². The van der Waals surface area contributed by atoms with E-state index in [0.717, 1.165) is 17.7 Å². The molecule has 1 aliphatic rings. The van der Waals surface area contributed by atoms with Crippen molar-refractivity contribution in [2.45, 2.75) is 51.4 Å². The minimum absolute atomic E-state index is 0.184. The Hall–Kier alpha value is -0.780. The van der Waals surface area contributed by atoms with Gasteiger partial charge in [0.05, 0.1) is 5.54 Å². The van der Waals surface area contributed by atoms with Crippen molar-refractivity contribution in [2.24, 2.45) is 11.7 Å². The molecule has 1 saturated carbocycles. The van der Waals surface area contributed by atoms with E-state index in [0.29, 0.717) is 0 Å². The summed E-state index contributed by atoms with van der Waals surface area (Å²) in [5.74, 6) is -0.460. The first-order valence-electron chi connectivity index (χ1n) is 5.69. The molecule has 1 rings (SSSR count). The summed E-state index contributed by atoms with van der Waals surface area (Å²) < 4.78 is 37.4. The van der Waals surface area contributed by atoms with Crippen molar-refractivity contribution in [1.29, 1.82) is 0 Å². The lowest BCUT2D eigenvalue weighted by molar-refractivity contribution is -0.168. The molecule has 1 aliphatic carbocycles. The lowest BCUT2D eigenvalue weighted by atomic mass is 10.0. The lowest BCUT2D eigenvalue weighted by Crippen LogP contribution is -2.56. The molecular weight excluding hydrogens is 233 g/mol. The fourth-order valence-corrected chi connectivity index (χ4v) is 1.80. The van der Waals surface area contributed by atoms with Gasteiger partial charge in [-0.1, -0.05) is 0 Å². The van der Waals surface area contributed by atoms with Gasteiger partial charge < -0.3 is 10.6 Å². The van der Waals surface area contributed by atoms with Crippen LogP contribution in [0.4, 0.5) is 13.2 Å². The molecule has 0 aromatic heterocycles. The molecule has 100 valence electrons. The van der Waals surface area contributed by atoms with Gasteiger partial charge in [0.25, 0.3) is 0 Å². The van der Waals surface area contributed by atoms with Crippen molar-refractivity contribution in [3.8, 4) is 0 Å². The number of nitrogens with zero attached hydrogens (tertiary/aromatic N) is 1. The van der Waals surface area contributed by atoms with E-state index in [2.05, 4.69) is 0 Å². The van der Waals surface area contributed by atoms with E-state index in [1.807, 2.05) is 0 Å². The third kappa shape index (κ3) is 4.18. The molecule has 0 aromatic carbocycles. The normalized spacial score (nSPS) is 19.0. The number of alkyl halides is 3. The molecule has 3 nitrogen and oxygen atoms in total. The van der Waals surface area contributed by atoms with Gasteiger partial charge in [0.1, 0.15) is 6.54 Å². The summed E-state index contributed by atoms with van der Waals surface area (Å²) in [4.78, 5) is 12.8. The predicted molar refractivity (Wildman–Crippen MR) is 58.2 cm³/mol. The van der Waals surface area contributed by atoms with Crippen molar-refractivity contribution in [1.82, 2.24) is 4.90 Å². The van der Waals surface area contributed by atoms with Crippen LogP contribution in [0.5, 0.6) is 0 Å². The Kier molecular flexibility index (Phi) is 3.76. The Balaban J connectivity index is 2.81. The zero-order valence-electron chi connectivity index (χ0n) is 10.3. The first-order valence-corrected chi connectivity index (χ1v) is 5.69. The number of carbonyl (C=O) groups is 1. The second kappa shape index (κ2) is 4.48. The van der Waals surface area contributed by atoms with Crippen LogP contribution < -0.4 is 5.73 Å². The van der Waals surface area contributed by atoms with Crippen LogP contribution in [0, 0.1) is 5.92 Å². The number of hydrogen-bond acceptors (Lipinski definition) is 2. The third-order valence-electron chi connectivity index (χ3n) is 2.96. The number of hydrogen-bond donors (Lipinski definition) is 1. The molecule has 0 radical (unpaired) electrons. The van der Waals surface area contributed by atoms with Crippen molar-refractivity contribution in [3.05, 3.63) is 0 Å². The topological polar surface area (TPSA) is 46.3 Å². The monoisotopic (exact) mass is 252 g/mol. The van der Waals surface area contributed by atoms with Crippen molar-refractivity contribution in [3.63, 3.8) is 0 Å². The highest BCUT2D eigenvalue weighted by molar-refractivity contribution is 5.85. The van der Waals surface area contributed by atoms with E-state index < -0.39 is 30.2 Å². The fourth-order valence-electron chi connectivity index (χ4n) is 1.80. The van der Waals surface area contributed by atoms with Gasteiger partial charge in [-0.3, -0.25) is 4.79 Å². The van der Waals surface area contributed by atoms with E-state index in [9.17, 15) is 18.0 Å². The summed E-state index contributed by atoms with van der Waals surface area (Å²) in [6.07, 6.45) is -2.62. The smallest absolute Gasteiger partial charge is 0.329 e. The molecule has 0 saturated heterocycles. The third-order valence-corrected chi connectivity index (χ3v) is 2.96. The predicted octanol–water partition coefficient (Wildman–Crippen LogP) is 1.91. The Bertz CT molecular complexity index is 292. The van der Waals surface area contributed by atoms with Gasteiger partial charge >= 0.3 is 6.18 Å². The van der Waals surface area contributed by atoms with Crippen LogP contribution >= 0.6 is 0 Å².